The monoisotopic (exact) mass is 440 g/mol. The molecule has 0 aromatic heterocycles. The van der Waals surface area contributed by atoms with Crippen LogP contribution in [0, 0.1) is 45.3 Å². The number of ether oxygens (including phenoxy) is 1. The molecule has 0 bridgehead atoms. The van der Waals surface area contributed by atoms with Crippen molar-refractivity contribution in [2.45, 2.75) is 125 Å². The number of Topliss-reactive ketones (excluding diaryl/α,β-unsaturated/α-hetero) is 1. The van der Waals surface area contributed by atoms with Crippen LogP contribution < -0.4 is 0 Å². The largest absolute Gasteiger partial charge is 0.366 e. The average molecular weight is 441 g/mol. The third-order valence-electron chi connectivity index (χ3n) is 12.5. The molecule has 0 unspecified atom stereocenters. The molecule has 2 nitrogen and oxygen atoms in total. The van der Waals surface area contributed by atoms with Crippen LogP contribution in [-0.2, 0) is 9.53 Å². The number of carbonyl (C=O) groups is 1. The number of ketones is 1. The van der Waals surface area contributed by atoms with E-state index in [2.05, 4.69) is 61.5 Å². The van der Waals surface area contributed by atoms with Crippen LogP contribution >= 0.6 is 0 Å². The summed E-state index contributed by atoms with van der Waals surface area (Å²) in [6.45, 7) is 19.3. The maximum absolute atomic E-state index is 12.9. The number of epoxide rings is 1. The lowest BCUT2D eigenvalue weighted by Crippen LogP contribution is -2.63. The number of allylic oxidation sites excluding steroid dienone is 1. The van der Waals surface area contributed by atoms with Crippen LogP contribution in [0.3, 0.4) is 0 Å². The standard InChI is InChI=1S/C30H48O2/c1-19(9-12-25-27(4,5)32-25)20-13-17-29(7)21(20)10-11-23-28(6)16-15-24(31)26(2,3)22(28)14-18-30(23,29)8/h9,20-23,25H,10-18H2,1-8H3/b19-9+/t20-,21-,22+,23-,25-,28+,29-,30-/m1/s1. The molecule has 0 radical (unpaired) electrons. The molecule has 0 N–H and O–H groups in total. The predicted molar refractivity (Wildman–Crippen MR) is 131 cm³/mol. The molecular weight excluding hydrogens is 392 g/mol. The molecule has 1 saturated heterocycles. The molecule has 0 aromatic carbocycles. The van der Waals surface area contributed by atoms with E-state index in [9.17, 15) is 4.79 Å². The fourth-order valence-corrected chi connectivity index (χ4v) is 10.2. The Labute approximate surface area is 197 Å². The van der Waals surface area contributed by atoms with Gasteiger partial charge in [0.15, 0.2) is 0 Å². The smallest absolute Gasteiger partial charge is 0.138 e. The van der Waals surface area contributed by atoms with Crippen molar-refractivity contribution in [3.05, 3.63) is 11.6 Å². The van der Waals surface area contributed by atoms with Crippen LogP contribution in [-0.4, -0.2) is 17.5 Å². The van der Waals surface area contributed by atoms with Gasteiger partial charge in [0, 0.05) is 11.8 Å². The quantitative estimate of drug-likeness (QED) is 0.331. The lowest BCUT2D eigenvalue weighted by molar-refractivity contribution is -0.201. The highest BCUT2D eigenvalue weighted by molar-refractivity contribution is 5.85. The van der Waals surface area contributed by atoms with E-state index in [0.29, 0.717) is 34.1 Å². The minimum atomic E-state index is -0.137. The van der Waals surface area contributed by atoms with Crippen LogP contribution in [0.4, 0.5) is 0 Å². The fourth-order valence-electron chi connectivity index (χ4n) is 10.2. The Bertz CT molecular complexity index is 836. The summed E-state index contributed by atoms with van der Waals surface area (Å²) in [5, 5.41) is 0. The first-order valence-corrected chi connectivity index (χ1v) is 13.7. The van der Waals surface area contributed by atoms with Gasteiger partial charge >= 0.3 is 0 Å². The number of hydrogen-bond donors (Lipinski definition) is 0. The van der Waals surface area contributed by atoms with Gasteiger partial charge in [0.2, 0.25) is 0 Å². The van der Waals surface area contributed by atoms with Crippen molar-refractivity contribution in [1.29, 1.82) is 0 Å². The molecule has 180 valence electrons. The maximum atomic E-state index is 12.9. The first-order chi connectivity index (χ1) is 14.8. The first-order valence-electron chi connectivity index (χ1n) is 13.7. The number of fused-ring (bicyclic) bond motifs is 5. The molecule has 4 saturated carbocycles. The summed E-state index contributed by atoms with van der Waals surface area (Å²) >= 11 is 0. The lowest BCUT2D eigenvalue weighted by Gasteiger charge is -2.69. The summed E-state index contributed by atoms with van der Waals surface area (Å²) in [6, 6.07) is 0. The molecular formula is C30H48O2. The Morgan fingerprint density at radius 1 is 0.906 bits per heavy atom. The van der Waals surface area contributed by atoms with E-state index in [1.165, 1.54) is 38.5 Å². The van der Waals surface area contributed by atoms with E-state index >= 15 is 0 Å². The van der Waals surface area contributed by atoms with E-state index in [1.54, 1.807) is 5.57 Å². The summed E-state index contributed by atoms with van der Waals surface area (Å²) in [4.78, 5) is 12.9. The Morgan fingerprint density at radius 2 is 1.56 bits per heavy atom. The zero-order valence-electron chi connectivity index (χ0n) is 22.1. The van der Waals surface area contributed by atoms with Gasteiger partial charge in [-0.15, -0.1) is 0 Å². The van der Waals surface area contributed by atoms with Gasteiger partial charge < -0.3 is 4.74 Å². The lowest BCUT2D eigenvalue weighted by atomic mass is 9.35. The maximum Gasteiger partial charge on any atom is 0.138 e. The first kappa shape index (κ1) is 23.1. The second-order valence-electron chi connectivity index (χ2n) is 14.4. The minimum Gasteiger partial charge on any atom is -0.366 e. The van der Waals surface area contributed by atoms with Crippen LogP contribution in [0.2, 0.25) is 0 Å². The van der Waals surface area contributed by atoms with E-state index < -0.39 is 0 Å². The third-order valence-corrected chi connectivity index (χ3v) is 12.5. The van der Waals surface area contributed by atoms with Crippen molar-refractivity contribution in [2.75, 3.05) is 0 Å². The molecule has 0 spiro atoms. The van der Waals surface area contributed by atoms with Crippen molar-refractivity contribution in [2.24, 2.45) is 45.3 Å². The Kier molecular flexibility index (Phi) is 5.03. The highest BCUT2D eigenvalue weighted by atomic mass is 16.6. The highest BCUT2D eigenvalue weighted by Gasteiger charge is 2.68. The third kappa shape index (κ3) is 2.96. The Balaban J connectivity index is 1.40. The van der Waals surface area contributed by atoms with Crippen molar-refractivity contribution >= 4 is 5.78 Å². The van der Waals surface area contributed by atoms with Crippen LogP contribution in [0.25, 0.3) is 0 Å². The molecule has 4 aliphatic carbocycles. The summed E-state index contributed by atoms with van der Waals surface area (Å²) in [7, 11) is 0. The molecule has 32 heavy (non-hydrogen) atoms. The Hall–Kier alpha value is -0.630. The van der Waals surface area contributed by atoms with Gasteiger partial charge in [0.05, 0.1) is 11.7 Å². The molecule has 1 aliphatic heterocycles. The molecule has 1 heterocycles. The van der Waals surface area contributed by atoms with Gasteiger partial charge in [-0.1, -0.05) is 46.3 Å². The van der Waals surface area contributed by atoms with Gasteiger partial charge in [-0.05, 0) is 112 Å². The number of carbonyl (C=O) groups excluding carboxylic acids is 1. The molecule has 5 fully saturated rings. The average Bonchev–Trinajstić information content (AvgIpc) is 3.15. The second kappa shape index (κ2) is 6.96. The zero-order valence-corrected chi connectivity index (χ0v) is 22.1. The number of rotatable bonds is 3. The Morgan fingerprint density at radius 3 is 2.22 bits per heavy atom. The van der Waals surface area contributed by atoms with Crippen LogP contribution in [0.15, 0.2) is 11.6 Å². The van der Waals surface area contributed by atoms with Gasteiger partial charge in [0.25, 0.3) is 0 Å². The molecule has 0 amide bonds. The van der Waals surface area contributed by atoms with E-state index in [1.807, 2.05) is 0 Å². The van der Waals surface area contributed by atoms with Crippen LogP contribution in [0.5, 0.6) is 0 Å². The number of hydrogen-bond acceptors (Lipinski definition) is 2. The van der Waals surface area contributed by atoms with E-state index in [-0.39, 0.29) is 11.0 Å². The van der Waals surface area contributed by atoms with Crippen molar-refractivity contribution < 1.29 is 9.53 Å². The van der Waals surface area contributed by atoms with Gasteiger partial charge in [0.1, 0.15) is 5.78 Å². The molecule has 5 aliphatic rings. The van der Waals surface area contributed by atoms with Crippen molar-refractivity contribution in [3.8, 4) is 0 Å². The minimum absolute atomic E-state index is 0.0930. The molecule has 0 aromatic rings. The van der Waals surface area contributed by atoms with Crippen molar-refractivity contribution in [3.63, 3.8) is 0 Å². The van der Waals surface area contributed by atoms with E-state index in [0.717, 1.165) is 37.0 Å². The van der Waals surface area contributed by atoms with Crippen molar-refractivity contribution in [1.82, 2.24) is 0 Å². The summed E-state index contributed by atoms with van der Waals surface area (Å²) in [5.74, 6) is 3.44. The van der Waals surface area contributed by atoms with Gasteiger partial charge in [-0.25, -0.2) is 0 Å². The summed E-state index contributed by atoms with van der Waals surface area (Å²) in [5.41, 5.74) is 2.77. The topological polar surface area (TPSA) is 29.6 Å². The normalized spacial score (nSPS) is 51.6. The van der Waals surface area contributed by atoms with E-state index in [4.69, 9.17) is 4.74 Å². The van der Waals surface area contributed by atoms with Crippen LogP contribution in [0.1, 0.15) is 113 Å². The fraction of sp³-hybridized carbons (Fsp3) is 0.900. The zero-order chi connectivity index (χ0) is 23.3. The summed E-state index contributed by atoms with van der Waals surface area (Å²) < 4.78 is 5.85. The van der Waals surface area contributed by atoms with Gasteiger partial charge in [-0.3, -0.25) is 4.79 Å². The molecule has 8 atom stereocenters. The summed E-state index contributed by atoms with van der Waals surface area (Å²) in [6.07, 6.45) is 14.0. The SMILES string of the molecule is C/C(=C\C[C@H]1OC1(C)C)[C@H]1CC[C@]2(C)[C@@H]1CC[C@@H]1[C@@]3(C)CCC(=O)C(C)(C)[C@@H]3CC[C@]12C. The highest BCUT2D eigenvalue weighted by Crippen LogP contribution is 2.75. The molecule has 5 rings (SSSR count). The predicted octanol–water partition coefficient (Wildman–Crippen LogP) is 7.75. The second-order valence-corrected chi connectivity index (χ2v) is 14.4. The van der Waals surface area contributed by atoms with Gasteiger partial charge in [-0.2, -0.15) is 0 Å². The molecule has 2 heteroatoms.